The summed E-state index contributed by atoms with van der Waals surface area (Å²) in [5.41, 5.74) is -7.05. The maximum absolute atomic E-state index is 14.1. The van der Waals surface area contributed by atoms with Crippen LogP contribution in [0.2, 0.25) is 5.02 Å². The van der Waals surface area contributed by atoms with Crippen LogP contribution in [0.3, 0.4) is 0 Å². The molecule has 2 aromatic rings. The van der Waals surface area contributed by atoms with E-state index in [1.807, 2.05) is 0 Å². The lowest BCUT2D eigenvalue weighted by Crippen LogP contribution is -2.31. The van der Waals surface area contributed by atoms with Gasteiger partial charge in [0.15, 0.2) is 11.9 Å². The summed E-state index contributed by atoms with van der Waals surface area (Å²) in [4.78, 5) is 12.7. The number of benzene rings is 2. The Bertz CT molecular complexity index is 1140. The summed E-state index contributed by atoms with van der Waals surface area (Å²) >= 11 is 6.03. The normalized spacial score (nSPS) is 13.8. The second kappa shape index (κ2) is 9.03. The van der Waals surface area contributed by atoms with E-state index in [0.717, 1.165) is 12.1 Å². The van der Waals surface area contributed by atoms with Crippen LogP contribution in [-0.4, -0.2) is 32.1 Å². The Morgan fingerprint density at radius 3 is 2.22 bits per heavy atom. The maximum atomic E-state index is 14.1. The van der Waals surface area contributed by atoms with Crippen molar-refractivity contribution in [2.75, 3.05) is 6.61 Å². The predicted octanol–water partition coefficient (Wildman–Crippen LogP) is 5.59. The number of ether oxygens (including phenoxy) is 2. The lowest BCUT2D eigenvalue weighted by Gasteiger charge is -2.29. The number of hydrogen-bond donors (Lipinski definition) is 0. The number of esters is 1. The zero-order valence-electron chi connectivity index (χ0n) is 17.8. The highest BCUT2D eigenvalue weighted by Gasteiger charge is 2.49. The Morgan fingerprint density at radius 2 is 1.72 bits per heavy atom. The Kier molecular flexibility index (Phi) is 7.38. The molecule has 32 heavy (non-hydrogen) atoms. The molecule has 0 N–H and O–H groups in total. The molecule has 2 aromatic carbocycles. The smallest absolute Gasteiger partial charge is 0.464 e. The number of rotatable bonds is 6. The Labute approximate surface area is 187 Å². The van der Waals surface area contributed by atoms with E-state index >= 15 is 0 Å². The molecule has 0 saturated carbocycles. The third-order valence-corrected chi connectivity index (χ3v) is 5.35. The van der Waals surface area contributed by atoms with Gasteiger partial charge in [0.1, 0.15) is 5.82 Å². The van der Waals surface area contributed by atoms with Crippen molar-refractivity contribution in [1.82, 2.24) is 0 Å². The van der Waals surface area contributed by atoms with Gasteiger partial charge in [-0.2, -0.15) is 21.6 Å². The number of hydrogen-bond acceptors (Lipinski definition) is 6. The van der Waals surface area contributed by atoms with E-state index in [1.165, 1.54) is 19.9 Å². The number of halogens is 5. The highest BCUT2D eigenvalue weighted by Crippen LogP contribution is 2.44. The highest BCUT2D eigenvalue weighted by molar-refractivity contribution is 7.88. The second-order valence-electron chi connectivity index (χ2n) is 7.76. The van der Waals surface area contributed by atoms with Gasteiger partial charge in [-0.3, -0.25) is 0 Å². The van der Waals surface area contributed by atoms with E-state index in [0.29, 0.717) is 0 Å². The summed E-state index contributed by atoms with van der Waals surface area (Å²) in [5.74, 6) is -2.89. The molecule has 0 radical (unpaired) electrons. The summed E-state index contributed by atoms with van der Waals surface area (Å²) in [6.45, 7) is 7.50. The Morgan fingerprint density at radius 1 is 1.12 bits per heavy atom. The molecular weight excluding hydrogens is 480 g/mol. The zero-order valence-corrected chi connectivity index (χ0v) is 19.3. The Balaban J connectivity index is 2.97. The van der Waals surface area contributed by atoms with Gasteiger partial charge in [0.05, 0.1) is 17.2 Å². The first kappa shape index (κ1) is 26.1. The summed E-state index contributed by atoms with van der Waals surface area (Å²) < 4.78 is 92.4. The highest BCUT2D eigenvalue weighted by atomic mass is 35.5. The van der Waals surface area contributed by atoms with Gasteiger partial charge in [0, 0.05) is 16.3 Å². The van der Waals surface area contributed by atoms with Gasteiger partial charge in [0.25, 0.3) is 0 Å². The fourth-order valence-electron chi connectivity index (χ4n) is 2.91. The fourth-order valence-corrected chi connectivity index (χ4v) is 3.66. The number of fused-ring (bicyclic) bond motifs is 1. The molecule has 6 nitrogen and oxygen atoms in total. The number of aryl methyl sites for hydroxylation is 1. The largest absolute Gasteiger partial charge is 0.534 e. The number of carbonyl (C=O) groups excluding carboxylic acids is 1. The van der Waals surface area contributed by atoms with Crippen LogP contribution >= 0.6 is 11.6 Å². The molecule has 0 heterocycles. The van der Waals surface area contributed by atoms with Crippen molar-refractivity contribution < 1.29 is 44.4 Å². The molecule has 0 fully saturated rings. The summed E-state index contributed by atoms with van der Waals surface area (Å²) in [7, 11) is -6.20. The first-order chi connectivity index (χ1) is 14.5. The molecule has 12 heteroatoms. The first-order valence-corrected chi connectivity index (χ1v) is 11.0. The third-order valence-electron chi connectivity index (χ3n) is 4.08. The molecule has 0 amide bonds. The fraction of sp³-hybridized carbons (Fsp3) is 0.450. The molecular formula is C20H21ClF4O6S. The van der Waals surface area contributed by atoms with Gasteiger partial charge in [0.2, 0.25) is 0 Å². The average molecular weight is 501 g/mol. The van der Waals surface area contributed by atoms with Crippen molar-refractivity contribution in [1.29, 1.82) is 0 Å². The van der Waals surface area contributed by atoms with Gasteiger partial charge < -0.3 is 13.7 Å². The molecule has 0 bridgehead atoms. The molecule has 178 valence electrons. The van der Waals surface area contributed by atoms with Crippen LogP contribution in [0.15, 0.2) is 18.2 Å². The second-order valence-corrected chi connectivity index (χ2v) is 9.71. The van der Waals surface area contributed by atoms with Crippen molar-refractivity contribution in [3.63, 3.8) is 0 Å². The van der Waals surface area contributed by atoms with Crippen molar-refractivity contribution in [2.24, 2.45) is 0 Å². The first-order valence-electron chi connectivity index (χ1n) is 9.26. The van der Waals surface area contributed by atoms with E-state index in [9.17, 15) is 30.8 Å². The lowest BCUT2D eigenvalue weighted by atomic mass is 9.95. The van der Waals surface area contributed by atoms with Crippen molar-refractivity contribution in [3.8, 4) is 5.75 Å². The number of carbonyl (C=O) groups is 1. The SMILES string of the molecule is CCOC(=O)C(OC(C)(C)C)c1c(C)cc2c(Cl)cc(F)cc2c1OS(=O)(=O)C(F)(F)F. The van der Waals surface area contributed by atoms with Crippen LogP contribution in [0.25, 0.3) is 10.8 Å². The summed E-state index contributed by atoms with van der Waals surface area (Å²) in [5, 5.41) is -0.580. The van der Waals surface area contributed by atoms with Crippen LogP contribution in [0, 0.1) is 12.7 Å². The van der Waals surface area contributed by atoms with Gasteiger partial charge in [-0.1, -0.05) is 11.6 Å². The molecule has 1 unspecified atom stereocenters. The van der Waals surface area contributed by atoms with E-state index in [4.69, 9.17) is 21.1 Å². The summed E-state index contributed by atoms with van der Waals surface area (Å²) in [6.07, 6.45) is -1.68. The van der Waals surface area contributed by atoms with E-state index in [-0.39, 0.29) is 28.1 Å². The minimum Gasteiger partial charge on any atom is -0.464 e. The minimum atomic E-state index is -6.20. The molecule has 0 aliphatic rings. The van der Waals surface area contributed by atoms with Gasteiger partial charge in [-0.25, -0.2) is 9.18 Å². The summed E-state index contributed by atoms with van der Waals surface area (Å²) in [6, 6.07) is 3.02. The van der Waals surface area contributed by atoms with Crippen molar-refractivity contribution in [3.05, 3.63) is 40.2 Å². The maximum Gasteiger partial charge on any atom is 0.534 e. The van der Waals surface area contributed by atoms with Gasteiger partial charge in [-0.05, 0) is 58.4 Å². The van der Waals surface area contributed by atoms with E-state index in [2.05, 4.69) is 4.18 Å². The van der Waals surface area contributed by atoms with E-state index < -0.39 is 50.3 Å². The molecule has 0 spiro atoms. The van der Waals surface area contributed by atoms with Gasteiger partial charge >= 0.3 is 21.6 Å². The predicted molar refractivity (Wildman–Crippen MR) is 109 cm³/mol. The van der Waals surface area contributed by atoms with Crippen molar-refractivity contribution in [2.45, 2.75) is 51.8 Å². The van der Waals surface area contributed by atoms with Crippen LogP contribution in [0.4, 0.5) is 17.6 Å². The molecule has 0 aliphatic carbocycles. The molecule has 0 saturated heterocycles. The zero-order chi connectivity index (χ0) is 24.6. The minimum absolute atomic E-state index is 0.0139. The van der Waals surface area contributed by atoms with Crippen LogP contribution in [0.1, 0.15) is 44.9 Å². The van der Waals surface area contributed by atoms with Gasteiger partial charge in [-0.15, -0.1) is 0 Å². The van der Waals surface area contributed by atoms with E-state index in [1.54, 1.807) is 20.8 Å². The topological polar surface area (TPSA) is 78.9 Å². The quantitative estimate of drug-likeness (QED) is 0.223. The standard InChI is InChI=1S/C20H21ClF4O6S/c1-6-29-18(26)17(30-19(3,4)5)15-10(2)7-12-13(8-11(22)9-14(12)21)16(15)31-32(27,28)20(23,24)25/h7-9,17H,6H2,1-5H3. The molecule has 0 aromatic heterocycles. The van der Waals surface area contributed by atoms with Crippen molar-refractivity contribution >= 4 is 38.5 Å². The average Bonchev–Trinajstić information content (AvgIpc) is 2.59. The molecule has 2 rings (SSSR count). The third kappa shape index (κ3) is 5.62. The Hall–Kier alpha value is -2.11. The number of alkyl halides is 3. The van der Waals surface area contributed by atoms with Crippen LogP contribution < -0.4 is 4.18 Å². The monoisotopic (exact) mass is 500 g/mol. The molecule has 0 aliphatic heterocycles. The van der Waals surface area contributed by atoms with Crippen LogP contribution in [-0.2, 0) is 24.4 Å². The molecule has 1 atom stereocenters. The van der Waals surface area contributed by atoms with Crippen LogP contribution in [0.5, 0.6) is 5.75 Å². The lowest BCUT2D eigenvalue weighted by molar-refractivity contribution is -0.167.